The summed E-state index contributed by atoms with van der Waals surface area (Å²) in [7, 11) is 0. The molecule has 0 radical (unpaired) electrons. The van der Waals surface area contributed by atoms with Crippen molar-refractivity contribution in [1.29, 1.82) is 0 Å². The number of nitro groups is 1. The molecule has 6 nitrogen and oxygen atoms in total. The average Bonchev–Trinajstić information content (AvgIpc) is 2.55. The van der Waals surface area contributed by atoms with Crippen LogP contribution in [0.2, 0.25) is 15.1 Å². The predicted molar refractivity (Wildman–Crippen MR) is 97.9 cm³/mol. The molecule has 0 aliphatic heterocycles. The van der Waals surface area contributed by atoms with Gasteiger partial charge in [-0.3, -0.25) is 14.9 Å². The van der Waals surface area contributed by atoms with E-state index in [2.05, 4.69) is 5.32 Å². The maximum Gasteiger partial charge on any atom is 0.310 e. The lowest BCUT2D eigenvalue weighted by molar-refractivity contribution is -0.385. The smallest absolute Gasteiger partial charge is 0.310 e. The summed E-state index contributed by atoms with van der Waals surface area (Å²) in [5.74, 6) is -0.144. The van der Waals surface area contributed by atoms with Gasteiger partial charge in [-0.25, -0.2) is 0 Å². The number of halogens is 3. The zero-order valence-corrected chi connectivity index (χ0v) is 15.1. The molecule has 2 rings (SSSR count). The highest BCUT2D eigenvalue weighted by Crippen LogP contribution is 2.33. The number of benzene rings is 2. The molecule has 0 saturated carbocycles. The Balaban J connectivity index is 1.85. The minimum Gasteiger partial charge on any atom is -0.487 e. The summed E-state index contributed by atoms with van der Waals surface area (Å²) in [6.07, 6.45) is 0.497. The zero-order chi connectivity index (χ0) is 18.4. The van der Waals surface area contributed by atoms with E-state index in [0.29, 0.717) is 11.4 Å². The Bertz CT molecular complexity index is 776. The number of rotatable bonds is 7. The van der Waals surface area contributed by atoms with Gasteiger partial charge in [0, 0.05) is 17.5 Å². The van der Waals surface area contributed by atoms with Crippen molar-refractivity contribution in [2.75, 3.05) is 11.9 Å². The van der Waals surface area contributed by atoms with Gasteiger partial charge in [-0.2, -0.15) is 0 Å². The maximum absolute atomic E-state index is 12.0. The number of carbonyl (C=O) groups excluding carboxylic acids is 1. The zero-order valence-electron chi connectivity index (χ0n) is 12.8. The van der Waals surface area contributed by atoms with Crippen molar-refractivity contribution in [3.63, 3.8) is 0 Å². The first-order valence-electron chi connectivity index (χ1n) is 7.19. The fraction of sp³-hybridized carbons (Fsp3) is 0.188. The molecule has 1 N–H and O–H groups in total. The van der Waals surface area contributed by atoms with E-state index >= 15 is 0 Å². The van der Waals surface area contributed by atoms with E-state index in [4.69, 9.17) is 39.5 Å². The molecule has 0 heterocycles. The quantitative estimate of drug-likeness (QED) is 0.384. The molecular formula is C16H13Cl3N2O4. The molecule has 2 aromatic rings. The van der Waals surface area contributed by atoms with Gasteiger partial charge in [0.1, 0.15) is 0 Å². The molecule has 25 heavy (non-hydrogen) atoms. The lowest BCUT2D eigenvalue weighted by Crippen LogP contribution is -2.13. The van der Waals surface area contributed by atoms with Crippen LogP contribution in [0, 0.1) is 10.1 Å². The number of hydrogen-bond acceptors (Lipinski definition) is 4. The molecule has 0 spiro atoms. The third kappa shape index (κ3) is 5.49. The number of amides is 1. The van der Waals surface area contributed by atoms with Gasteiger partial charge in [-0.05, 0) is 24.6 Å². The number of anilines is 1. The van der Waals surface area contributed by atoms with E-state index in [0.717, 1.165) is 0 Å². The van der Waals surface area contributed by atoms with Crippen molar-refractivity contribution >= 4 is 52.1 Å². The van der Waals surface area contributed by atoms with E-state index in [1.54, 1.807) is 12.1 Å². The highest BCUT2D eigenvalue weighted by molar-refractivity contribution is 6.42. The van der Waals surface area contributed by atoms with Crippen LogP contribution in [0.15, 0.2) is 36.4 Å². The molecule has 0 aromatic heterocycles. The first-order valence-corrected chi connectivity index (χ1v) is 8.32. The number of nitrogens with zero attached hydrogens (tertiary/aromatic N) is 1. The van der Waals surface area contributed by atoms with E-state index in [-0.39, 0.29) is 46.1 Å². The molecule has 0 saturated heterocycles. The standard InChI is InChI=1S/C16H13Cl3N2O4/c17-10-8-11(18)16(12(19)9-10)20-15(22)6-3-7-25-14-5-2-1-4-13(14)21(23)24/h1-2,4-5,8-9H,3,6-7H2,(H,20,22). The van der Waals surface area contributed by atoms with Crippen molar-refractivity contribution < 1.29 is 14.5 Å². The summed E-state index contributed by atoms with van der Waals surface area (Å²) in [5, 5.41) is 14.3. The van der Waals surface area contributed by atoms with Crippen molar-refractivity contribution in [3.8, 4) is 5.75 Å². The van der Waals surface area contributed by atoms with Gasteiger partial charge in [0.15, 0.2) is 5.75 Å². The van der Waals surface area contributed by atoms with Crippen LogP contribution in [0.5, 0.6) is 5.75 Å². The number of ether oxygens (including phenoxy) is 1. The van der Waals surface area contributed by atoms with Crippen LogP contribution in [-0.4, -0.2) is 17.4 Å². The number of nitrogens with one attached hydrogen (secondary N) is 1. The third-order valence-electron chi connectivity index (χ3n) is 3.14. The summed E-state index contributed by atoms with van der Waals surface area (Å²) in [5.41, 5.74) is 0.170. The highest BCUT2D eigenvalue weighted by atomic mass is 35.5. The first-order chi connectivity index (χ1) is 11.9. The third-order valence-corrected chi connectivity index (χ3v) is 3.95. The van der Waals surface area contributed by atoms with Gasteiger partial charge in [0.25, 0.3) is 0 Å². The minimum atomic E-state index is -0.521. The molecule has 132 valence electrons. The van der Waals surface area contributed by atoms with Crippen molar-refractivity contribution in [1.82, 2.24) is 0 Å². The molecule has 0 bridgehead atoms. The highest BCUT2D eigenvalue weighted by Gasteiger charge is 2.14. The van der Waals surface area contributed by atoms with Crippen molar-refractivity contribution in [3.05, 3.63) is 61.6 Å². The van der Waals surface area contributed by atoms with E-state index < -0.39 is 4.92 Å². The summed E-state index contributed by atoms with van der Waals surface area (Å²) >= 11 is 17.8. The van der Waals surface area contributed by atoms with Crippen LogP contribution < -0.4 is 10.1 Å². The number of para-hydroxylation sites is 2. The summed E-state index contributed by atoms with van der Waals surface area (Å²) in [4.78, 5) is 22.3. The predicted octanol–water partition coefficient (Wildman–Crippen LogP) is 5.35. The molecule has 2 aromatic carbocycles. The van der Waals surface area contributed by atoms with Crippen LogP contribution in [0.4, 0.5) is 11.4 Å². The Morgan fingerprint density at radius 1 is 1.16 bits per heavy atom. The van der Waals surface area contributed by atoms with Crippen LogP contribution in [0.1, 0.15) is 12.8 Å². The fourth-order valence-electron chi connectivity index (χ4n) is 2.01. The van der Waals surface area contributed by atoms with Gasteiger partial charge in [0.05, 0.1) is 27.3 Å². The molecule has 9 heteroatoms. The lowest BCUT2D eigenvalue weighted by atomic mass is 10.2. The minimum absolute atomic E-state index is 0.119. The molecule has 0 atom stereocenters. The molecular weight excluding hydrogens is 391 g/mol. The Morgan fingerprint density at radius 2 is 1.80 bits per heavy atom. The second-order valence-corrected chi connectivity index (χ2v) is 6.22. The Labute approximate surface area is 158 Å². The number of hydrogen-bond donors (Lipinski definition) is 1. The molecule has 0 fully saturated rings. The Hall–Kier alpha value is -2.02. The van der Waals surface area contributed by atoms with E-state index in [1.807, 2.05) is 0 Å². The van der Waals surface area contributed by atoms with E-state index in [1.165, 1.54) is 24.3 Å². The van der Waals surface area contributed by atoms with Gasteiger partial charge in [-0.1, -0.05) is 46.9 Å². The van der Waals surface area contributed by atoms with Crippen LogP contribution in [0.25, 0.3) is 0 Å². The largest absolute Gasteiger partial charge is 0.487 e. The fourth-order valence-corrected chi connectivity index (χ4v) is 2.92. The van der Waals surface area contributed by atoms with Crippen molar-refractivity contribution in [2.45, 2.75) is 12.8 Å². The first kappa shape index (κ1) is 19.3. The van der Waals surface area contributed by atoms with Gasteiger partial charge in [0.2, 0.25) is 5.91 Å². The van der Waals surface area contributed by atoms with E-state index in [9.17, 15) is 14.9 Å². The Morgan fingerprint density at radius 3 is 2.44 bits per heavy atom. The number of carbonyl (C=O) groups is 1. The SMILES string of the molecule is O=C(CCCOc1ccccc1[N+](=O)[O-])Nc1c(Cl)cc(Cl)cc1Cl. The molecule has 0 aliphatic carbocycles. The monoisotopic (exact) mass is 402 g/mol. The second-order valence-electron chi connectivity index (χ2n) is 4.97. The Kier molecular flexibility index (Phi) is 6.87. The van der Waals surface area contributed by atoms with Crippen LogP contribution >= 0.6 is 34.8 Å². The van der Waals surface area contributed by atoms with Crippen molar-refractivity contribution in [2.24, 2.45) is 0 Å². The lowest BCUT2D eigenvalue weighted by Gasteiger charge is -2.10. The van der Waals surface area contributed by atoms with Gasteiger partial charge < -0.3 is 10.1 Å². The molecule has 0 unspecified atom stereocenters. The van der Waals surface area contributed by atoms with Crippen LogP contribution in [-0.2, 0) is 4.79 Å². The van der Waals surface area contributed by atoms with Gasteiger partial charge in [-0.15, -0.1) is 0 Å². The normalized spacial score (nSPS) is 10.4. The van der Waals surface area contributed by atoms with Crippen LogP contribution in [0.3, 0.4) is 0 Å². The summed E-state index contributed by atoms with van der Waals surface area (Å²) in [6.45, 7) is 0.153. The number of nitro benzene ring substituents is 1. The average molecular weight is 404 g/mol. The summed E-state index contributed by atoms with van der Waals surface area (Å²) < 4.78 is 5.37. The second kappa shape index (κ2) is 8.89. The maximum atomic E-state index is 12.0. The molecule has 1 amide bonds. The molecule has 0 aliphatic rings. The van der Waals surface area contributed by atoms with Gasteiger partial charge >= 0.3 is 5.69 Å². The topological polar surface area (TPSA) is 81.5 Å². The summed E-state index contributed by atoms with van der Waals surface area (Å²) in [6, 6.07) is 9.00.